The van der Waals surface area contributed by atoms with Crippen LogP contribution in [-0.2, 0) is 10.5 Å². The van der Waals surface area contributed by atoms with Gasteiger partial charge < -0.3 is 9.47 Å². The fraction of sp³-hybridized carbons (Fsp3) is 0.263. The Morgan fingerprint density at radius 2 is 2.08 bits per heavy atom. The first kappa shape index (κ1) is 17.2. The third kappa shape index (κ3) is 3.66. The molecule has 134 valence electrons. The Morgan fingerprint density at radius 1 is 1.23 bits per heavy atom. The standard InChI is InChI=1S/C19H17ClN2O3S/c20-15-8-13(9-17-19(15)25-12-24-17)10-26-11-18(23)22-7-6-16(21-22)14-4-2-1-3-5-14/h1-5,8-9H,6-7,10-12H2. The van der Waals surface area contributed by atoms with Crippen molar-refractivity contribution in [2.24, 2.45) is 5.10 Å². The van der Waals surface area contributed by atoms with Gasteiger partial charge in [-0.2, -0.15) is 5.10 Å². The van der Waals surface area contributed by atoms with E-state index in [2.05, 4.69) is 5.10 Å². The number of rotatable bonds is 5. The van der Waals surface area contributed by atoms with Crippen LogP contribution in [0.4, 0.5) is 0 Å². The molecule has 26 heavy (non-hydrogen) atoms. The molecule has 0 saturated carbocycles. The van der Waals surface area contributed by atoms with E-state index in [-0.39, 0.29) is 12.7 Å². The second-order valence-corrected chi connectivity index (χ2v) is 7.38. The molecule has 7 heteroatoms. The zero-order chi connectivity index (χ0) is 17.9. The molecule has 2 aromatic rings. The largest absolute Gasteiger partial charge is 0.454 e. The number of thioether (sulfide) groups is 1. The highest BCUT2D eigenvalue weighted by Crippen LogP contribution is 2.40. The molecule has 4 rings (SSSR count). The Hall–Kier alpha value is -2.18. The summed E-state index contributed by atoms with van der Waals surface area (Å²) in [5.74, 6) is 2.32. The maximum absolute atomic E-state index is 12.4. The molecular weight excluding hydrogens is 372 g/mol. The van der Waals surface area contributed by atoms with E-state index < -0.39 is 0 Å². The van der Waals surface area contributed by atoms with Crippen molar-refractivity contribution in [3.63, 3.8) is 0 Å². The topological polar surface area (TPSA) is 51.1 Å². The Balaban J connectivity index is 1.32. The smallest absolute Gasteiger partial charge is 0.252 e. The number of benzene rings is 2. The van der Waals surface area contributed by atoms with Crippen LogP contribution in [0, 0.1) is 0 Å². The van der Waals surface area contributed by atoms with E-state index in [0.29, 0.717) is 34.6 Å². The Morgan fingerprint density at radius 3 is 2.92 bits per heavy atom. The predicted molar refractivity (Wildman–Crippen MR) is 103 cm³/mol. The maximum atomic E-state index is 12.4. The molecule has 0 fully saturated rings. The molecule has 0 spiro atoms. The van der Waals surface area contributed by atoms with Gasteiger partial charge >= 0.3 is 0 Å². The van der Waals surface area contributed by atoms with Crippen LogP contribution in [-0.4, -0.2) is 35.7 Å². The maximum Gasteiger partial charge on any atom is 0.252 e. The molecule has 0 saturated heterocycles. The molecule has 2 aromatic carbocycles. The lowest BCUT2D eigenvalue weighted by atomic mass is 10.1. The van der Waals surface area contributed by atoms with Gasteiger partial charge in [0.2, 0.25) is 6.79 Å². The zero-order valence-corrected chi connectivity index (χ0v) is 15.6. The van der Waals surface area contributed by atoms with Crippen molar-refractivity contribution in [3.8, 4) is 11.5 Å². The second kappa shape index (κ2) is 7.60. The number of carbonyl (C=O) groups excluding carboxylic acids is 1. The van der Waals surface area contributed by atoms with Crippen LogP contribution in [0.25, 0.3) is 0 Å². The highest BCUT2D eigenvalue weighted by atomic mass is 35.5. The lowest BCUT2D eigenvalue weighted by Gasteiger charge is -2.11. The molecule has 0 atom stereocenters. The van der Waals surface area contributed by atoms with Gasteiger partial charge in [0.05, 0.1) is 23.0 Å². The van der Waals surface area contributed by atoms with Crippen molar-refractivity contribution in [1.82, 2.24) is 5.01 Å². The van der Waals surface area contributed by atoms with Gasteiger partial charge in [0.1, 0.15) is 0 Å². The van der Waals surface area contributed by atoms with Crippen molar-refractivity contribution >= 4 is 35.0 Å². The van der Waals surface area contributed by atoms with Crippen molar-refractivity contribution in [1.29, 1.82) is 0 Å². The fourth-order valence-corrected chi connectivity index (χ4v) is 4.02. The third-order valence-electron chi connectivity index (χ3n) is 4.18. The molecular formula is C19H17ClN2O3S. The Kier molecular flexibility index (Phi) is 5.04. The van der Waals surface area contributed by atoms with Crippen LogP contribution >= 0.6 is 23.4 Å². The molecule has 2 aliphatic rings. The number of amides is 1. The molecule has 2 aliphatic heterocycles. The van der Waals surface area contributed by atoms with Crippen molar-refractivity contribution in [3.05, 3.63) is 58.6 Å². The number of hydrogen-bond donors (Lipinski definition) is 0. The number of hydrazone groups is 1. The van der Waals surface area contributed by atoms with E-state index in [0.717, 1.165) is 23.3 Å². The number of ether oxygens (including phenoxy) is 2. The zero-order valence-electron chi connectivity index (χ0n) is 14.0. The molecule has 0 aromatic heterocycles. The van der Waals surface area contributed by atoms with E-state index in [1.807, 2.05) is 42.5 Å². The first-order chi connectivity index (χ1) is 12.7. The first-order valence-corrected chi connectivity index (χ1v) is 9.83. The van der Waals surface area contributed by atoms with Crippen LogP contribution in [0.5, 0.6) is 11.5 Å². The van der Waals surface area contributed by atoms with E-state index >= 15 is 0 Å². The van der Waals surface area contributed by atoms with Gasteiger partial charge in [-0.25, -0.2) is 5.01 Å². The average molecular weight is 389 g/mol. The first-order valence-electron chi connectivity index (χ1n) is 8.30. The molecule has 5 nitrogen and oxygen atoms in total. The summed E-state index contributed by atoms with van der Waals surface area (Å²) in [5, 5.41) is 6.59. The van der Waals surface area contributed by atoms with Gasteiger partial charge in [-0.3, -0.25) is 4.79 Å². The number of hydrogen-bond acceptors (Lipinski definition) is 5. The van der Waals surface area contributed by atoms with Crippen molar-refractivity contribution in [2.75, 3.05) is 19.1 Å². The summed E-state index contributed by atoms with van der Waals surface area (Å²) in [7, 11) is 0. The summed E-state index contributed by atoms with van der Waals surface area (Å²) in [4.78, 5) is 12.4. The van der Waals surface area contributed by atoms with Crippen LogP contribution in [0.1, 0.15) is 17.5 Å². The minimum Gasteiger partial charge on any atom is -0.454 e. The molecule has 2 heterocycles. The minimum atomic E-state index is 0.0211. The normalized spacial score (nSPS) is 15.3. The van der Waals surface area contributed by atoms with Crippen LogP contribution < -0.4 is 9.47 Å². The lowest BCUT2D eigenvalue weighted by Crippen LogP contribution is -2.25. The Bertz CT molecular complexity index is 857. The number of nitrogens with zero attached hydrogens (tertiary/aromatic N) is 2. The molecule has 0 aliphatic carbocycles. The summed E-state index contributed by atoms with van der Waals surface area (Å²) in [6.45, 7) is 0.834. The van der Waals surface area contributed by atoms with E-state index in [4.69, 9.17) is 21.1 Å². The summed E-state index contributed by atoms with van der Waals surface area (Å²) in [6, 6.07) is 13.7. The van der Waals surface area contributed by atoms with Gasteiger partial charge in [-0.05, 0) is 23.3 Å². The molecule has 1 amide bonds. The molecule has 0 radical (unpaired) electrons. The number of halogens is 1. The lowest BCUT2D eigenvalue weighted by molar-refractivity contribution is -0.127. The average Bonchev–Trinajstić information content (AvgIpc) is 3.32. The number of fused-ring (bicyclic) bond motifs is 1. The van der Waals surface area contributed by atoms with Crippen LogP contribution in [0.15, 0.2) is 47.6 Å². The van der Waals surface area contributed by atoms with E-state index in [9.17, 15) is 4.79 Å². The number of carbonyl (C=O) groups is 1. The van der Waals surface area contributed by atoms with Crippen LogP contribution in [0.2, 0.25) is 5.02 Å². The van der Waals surface area contributed by atoms with Gasteiger partial charge in [0, 0.05) is 12.2 Å². The summed E-state index contributed by atoms with van der Waals surface area (Å²) in [6.07, 6.45) is 0.790. The summed E-state index contributed by atoms with van der Waals surface area (Å²) in [5.41, 5.74) is 3.05. The highest BCUT2D eigenvalue weighted by Gasteiger charge is 2.22. The van der Waals surface area contributed by atoms with Gasteiger partial charge in [0.25, 0.3) is 5.91 Å². The van der Waals surface area contributed by atoms with Crippen LogP contribution in [0.3, 0.4) is 0 Å². The molecule has 0 unspecified atom stereocenters. The van der Waals surface area contributed by atoms with Crippen molar-refractivity contribution in [2.45, 2.75) is 12.2 Å². The quantitative estimate of drug-likeness (QED) is 0.778. The highest BCUT2D eigenvalue weighted by molar-refractivity contribution is 7.99. The summed E-state index contributed by atoms with van der Waals surface area (Å²) < 4.78 is 10.7. The Labute approximate surface area is 160 Å². The van der Waals surface area contributed by atoms with E-state index in [1.54, 1.807) is 5.01 Å². The minimum absolute atomic E-state index is 0.0211. The monoisotopic (exact) mass is 388 g/mol. The van der Waals surface area contributed by atoms with E-state index in [1.165, 1.54) is 11.8 Å². The van der Waals surface area contributed by atoms with Gasteiger partial charge in [-0.15, -0.1) is 11.8 Å². The van der Waals surface area contributed by atoms with Gasteiger partial charge in [-0.1, -0.05) is 41.9 Å². The summed E-state index contributed by atoms with van der Waals surface area (Å²) >= 11 is 7.72. The molecule has 0 N–H and O–H groups in total. The SMILES string of the molecule is O=C(CSCc1cc(Cl)c2c(c1)OCO2)N1CCC(c2ccccc2)=N1. The second-order valence-electron chi connectivity index (χ2n) is 5.98. The van der Waals surface area contributed by atoms with Crippen molar-refractivity contribution < 1.29 is 14.3 Å². The molecule has 0 bridgehead atoms. The predicted octanol–water partition coefficient (Wildman–Crippen LogP) is 3.94. The fourth-order valence-electron chi connectivity index (χ4n) is 2.91. The van der Waals surface area contributed by atoms with Gasteiger partial charge in [0.15, 0.2) is 11.5 Å². The third-order valence-corrected chi connectivity index (χ3v) is 5.45.